The lowest BCUT2D eigenvalue weighted by molar-refractivity contribution is -0.127. The SMILES string of the molecule is COc1cc(/C=C2\SC(=O)N(CC(N)=O)C2=O)cc(Br)c1OCCOc1ccc(C(C)(C)C)cc1. The van der Waals surface area contributed by atoms with Crippen LogP contribution in [0.4, 0.5) is 4.79 Å². The first-order valence-electron chi connectivity index (χ1n) is 10.8. The molecule has 0 aliphatic carbocycles. The Balaban J connectivity index is 1.65. The molecule has 2 N–H and O–H groups in total. The van der Waals surface area contributed by atoms with Crippen LogP contribution in [0.25, 0.3) is 6.08 Å². The molecule has 0 bridgehead atoms. The van der Waals surface area contributed by atoms with Crippen molar-refractivity contribution in [1.29, 1.82) is 0 Å². The summed E-state index contributed by atoms with van der Waals surface area (Å²) in [6.45, 7) is 6.64. The third-order valence-electron chi connectivity index (χ3n) is 5.06. The molecule has 186 valence electrons. The average molecular weight is 563 g/mol. The lowest BCUT2D eigenvalue weighted by Crippen LogP contribution is -2.36. The number of thioether (sulfide) groups is 1. The number of ether oxygens (including phenoxy) is 3. The molecular weight excluding hydrogens is 536 g/mol. The Morgan fingerprint density at radius 2 is 1.77 bits per heavy atom. The third kappa shape index (κ3) is 6.79. The molecule has 0 saturated carbocycles. The van der Waals surface area contributed by atoms with Gasteiger partial charge in [-0.2, -0.15) is 0 Å². The number of imide groups is 1. The van der Waals surface area contributed by atoms with Crippen molar-refractivity contribution in [2.24, 2.45) is 5.73 Å². The zero-order valence-electron chi connectivity index (χ0n) is 19.9. The standard InChI is InChI=1S/C25H27BrN2O6S/c1-25(2,3)16-5-7-17(8-6-16)33-9-10-34-22-18(26)11-15(12-19(22)32-4)13-20-23(30)28(14-21(27)29)24(31)35-20/h5-8,11-13H,9-10,14H2,1-4H3,(H2,27,29)/b20-13-. The van der Waals surface area contributed by atoms with Crippen molar-refractivity contribution in [2.75, 3.05) is 26.9 Å². The number of hydrogen-bond acceptors (Lipinski definition) is 7. The van der Waals surface area contributed by atoms with Gasteiger partial charge in [0.1, 0.15) is 25.5 Å². The van der Waals surface area contributed by atoms with Gasteiger partial charge < -0.3 is 19.9 Å². The van der Waals surface area contributed by atoms with Gasteiger partial charge in [0.15, 0.2) is 11.5 Å². The van der Waals surface area contributed by atoms with Crippen molar-refractivity contribution in [1.82, 2.24) is 4.90 Å². The molecule has 3 amide bonds. The van der Waals surface area contributed by atoms with Gasteiger partial charge >= 0.3 is 0 Å². The van der Waals surface area contributed by atoms with Crippen LogP contribution in [0, 0.1) is 0 Å². The molecule has 2 aromatic carbocycles. The largest absolute Gasteiger partial charge is 0.493 e. The summed E-state index contributed by atoms with van der Waals surface area (Å²) in [5, 5.41) is -0.543. The molecule has 1 heterocycles. The minimum absolute atomic E-state index is 0.0781. The number of halogens is 1. The fraction of sp³-hybridized carbons (Fsp3) is 0.320. The molecule has 0 radical (unpaired) electrons. The van der Waals surface area contributed by atoms with Gasteiger partial charge in [-0.15, -0.1) is 0 Å². The van der Waals surface area contributed by atoms with E-state index in [1.807, 2.05) is 12.1 Å². The zero-order valence-corrected chi connectivity index (χ0v) is 22.3. The van der Waals surface area contributed by atoms with Crippen LogP contribution in [0.15, 0.2) is 45.8 Å². The molecule has 35 heavy (non-hydrogen) atoms. The molecule has 0 spiro atoms. The first-order valence-corrected chi connectivity index (χ1v) is 12.4. The van der Waals surface area contributed by atoms with Crippen molar-refractivity contribution < 1.29 is 28.6 Å². The second-order valence-corrected chi connectivity index (χ2v) is 10.6. The topological polar surface area (TPSA) is 108 Å². The second kappa shape index (κ2) is 11.2. The van der Waals surface area contributed by atoms with E-state index in [4.69, 9.17) is 19.9 Å². The molecule has 1 saturated heterocycles. The van der Waals surface area contributed by atoms with Crippen LogP contribution in [-0.4, -0.2) is 48.8 Å². The number of primary amides is 1. The van der Waals surface area contributed by atoms with E-state index in [2.05, 4.69) is 48.8 Å². The number of benzene rings is 2. The summed E-state index contributed by atoms with van der Waals surface area (Å²) in [5.41, 5.74) is 7.03. The van der Waals surface area contributed by atoms with E-state index in [1.54, 1.807) is 18.2 Å². The normalized spacial score (nSPS) is 15.0. The van der Waals surface area contributed by atoms with E-state index in [0.29, 0.717) is 28.1 Å². The highest BCUT2D eigenvalue weighted by molar-refractivity contribution is 9.10. The number of amides is 3. The number of nitrogens with two attached hydrogens (primary N) is 1. The van der Waals surface area contributed by atoms with E-state index in [-0.39, 0.29) is 16.9 Å². The van der Waals surface area contributed by atoms with Crippen LogP contribution in [-0.2, 0) is 15.0 Å². The maximum absolute atomic E-state index is 12.4. The van der Waals surface area contributed by atoms with Gasteiger partial charge in [0.2, 0.25) is 5.91 Å². The molecule has 1 aliphatic heterocycles. The predicted octanol–water partition coefficient (Wildman–Crippen LogP) is 4.73. The molecule has 1 aliphatic rings. The first-order chi connectivity index (χ1) is 16.5. The molecule has 10 heteroatoms. The number of carbonyl (C=O) groups excluding carboxylic acids is 3. The average Bonchev–Trinajstić information content (AvgIpc) is 3.04. The summed E-state index contributed by atoms with van der Waals surface area (Å²) in [6, 6.07) is 11.4. The van der Waals surface area contributed by atoms with Gasteiger partial charge in [0.25, 0.3) is 11.1 Å². The van der Waals surface area contributed by atoms with E-state index in [9.17, 15) is 14.4 Å². The van der Waals surface area contributed by atoms with Crippen molar-refractivity contribution >= 4 is 50.8 Å². The number of nitrogens with zero attached hydrogens (tertiary/aromatic N) is 1. The van der Waals surface area contributed by atoms with E-state index in [1.165, 1.54) is 12.7 Å². The van der Waals surface area contributed by atoms with Gasteiger partial charge in [-0.3, -0.25) is 19.3 Å². The fourth-order valence-corrected chi connectivity index (χ4v) is 4.67. The summed E-state index contributed by atoms with van der Waals surface area (Å²) in [6.07, 6.45) is 1.55. The summed E-state index contributed by atoms with van der Waals surface area (Å²) >= 11 is 4.22. The zero-order chi connectivity index (χ0) is 25.8. The lowest BCUT2D eigenvalue weighted by atomic mass is 9.87. The highest BCUT2D eigenvalue weighted by Crippen LogP contribution is 2.39. The van der Waals surface area contributed by atoms with Crippen molar-refractivity contribution in [3.05, 3.63) is 56.9 Å². The molecule has 0 aromatic heterocycles. The second-order valence-electron chi connectivity index (χ2n) is 8.74. The monoisotopic (exact) mass is 562 g/mol. The van der Waals surface area contributed by atoms with E-state index >= 15 is 0 Å². The minimum Gasteiger partial charge on any atom is -0.493 e. The number of carbonyl (C=O) groups is 3. The molecule has 0 atom stereocenters. The first kappa shape index (κ1) is 26.6. The van der Waals surface area contributed by atoms with E-state index in [0.717, 1.165) is 22.4 Å². The Bertz CT molecular complexity index is 1160. The quantitative estimate of drug-likeness (QED) is 0.347. The Hall–Kier alpha value is -2.98. The summed E-state index contributed by atoms with van der Waals surface area (Å²) in [4.78, 5) is 36.6. The van der Waals surface area contributed by atoms with Gasteiger partial charge in [-0.1, -0.05) is 32.9 Å². The Kier molecular flexibility index (Phi) is 8.50. The highest BCUT2D eigenvalue weighted by Gasteiger charge is 2.35. The fourth-order valence-electron chi connectivity index (χ4n) is 3.26. The van der Waals surface area contributed by atoms with Crippen molar-refractivity contribution in [3.8, 4) is 17.2 Å². The molecule has 0 unspecified atom stereocenters. The number of methoxy groups -OCH3 is 1. The molecule has 1 fully saturated rings. The molecule has 3 rings (SSSR count). The van der Waals surface area contributed by atoms with Crippen LogP contribution in [0.2, 0.25) is 0 Å². The Labute approximate surface area is 216 Å². The molecule has 2 aromatic rings. The summed E-state index contributed by atoms with van der Waals surface area (Å²) in [7, 11) is 1.51. The van der Waals surface area contributed by atoms with Gasteiger partial charge in [0, 0.05) is 0 Å². The maximum Gasteiger partial charge on any atom is 0.294 e. The smallest absolute Gasteiger partial charge is 0.294 e. The van der Waals surface area contributed by atoms with Gasteiger partial charge in [-0.25, -0.2) is 0 Å². The Morgan fingerprint density at radius 1 is 1.11 bits per heavy atom. The highest BCUT2D eigenvalue weighted by atomic mass is 79.9. The molecular formula is C25H27BrN2O6S. The predicted molar refractivity (Wildman–Crippen MR) is 139 cm³/mol. The van der Waals surface area contributed by atoms with Crippen LogP contribution < -0.4 is 19.9 Å². The summed E-state index contributed by atoms with van der Waals surface area (Å²) in [5.74, 6) is 0.357. The van der Waals surface area contributed by atoms with Crippen LogP contribution in [0.5, 0.6) is 17.2 Å². The Morgan fingerprint density at radius 3 is 2.37 bits per heavy atom. The van der Waals surface area contributed by atoms with Crippen molar-refractivity contribution in [3.63, 3.8) is 0 Å². The van der Waals surface area contributed by atoms with Gasteiger partial charge in [-0.05, 0) is 74.6 Å². The number of rotatable bonds is 9. The van der Waals surface area contributed by atoms with Crippen molar-refractivity contribution in [2.45, 2.75) is 26.2 Å². The minimum atomic E-state index is -0.759. The van der Waals surface area contributed by atoms with Gasteiger partial charge in [0.05, 0.1) is 16.5 Å². The van der Waals surface area contributed by atoms with Crippen LogP contribution >= 0.6 is 27.7 Å². The van der Waals surface area contributed by atoms with E-state index < -0.39 is 23.6 Å². The van der Waals surface area contributed by atoms with Crippen LogP contribution in [0.1, 0.15) is 31.9 Å². The number of hydrogen-bond donors (Lipinski definition) is 1. The maximum atomic E-state index is 12.4. The summed E-state index contributed by atoms with van der Waals surface area (Å²) < 4.78 is 17.7. The molecule has 8 nitrogen and oxygen atoms in total. The van der Waals surface area contributed by atoms with Crippen LogP contribution in [0.3, 0.4) is 0 Å². The third-order valence-corrected chi connectivity index (χ3v) is 6.55. The lowest BCUT2D eigenvalue weighted by Gasteiger charge is -2.19.